The largest absolute Gasteiger partial charge is 0.506 e. The van der Waals surface area contributed by atoms with Crippen LogP contribution in [0.4, 0.5) is 10.5 Å². The second-order valence-electron chi connectivity index (χ2n) is 3.44. The first-order chi connectivity index (χ1) is 7.52. The van der Waals surface area contributed by atoms with Gasteiger partial charge in [0.2, 0.25) is 0 Å². The van der Waals surface area contributed by atoms with Crippen LogP contribution in [0.25, 0.3) is 0 Å². The smallest absolute Gasteiger partial charge is 0.316 e. The molecule has 0 aliphatic heterocycles. The molecule has 0 bridgehead atoms. The first-order valence-corrected chi connectivity index (χ1v) is 4.79. The van der Waals surface area contributed by atoms with E-state index < -0.39 is 6.03 Å². The number of primary amides is 1. The van der Waals surface area contributed by atoms with Gasteiger partial charge in [-0.1, -0.05) is 12.1 Å². The second-order valence-corrected chi connectivity index (χ2v) is 3.44. The molecular formula is C11H15N3O2. The van der Waals surface area contributed by atoms with E-state index in [1.54, 1.807) is 18.2 Å². The molecule has 5 nitrogen and oxygen atoms in total. The third-order valence-electron chi connectivity index (χ3n) is 2.09. The van der Waals surface area contributed by atoms with Crippen molar-refractivity contribution in [2.24, 2.45) is 11.5 Å². The molecule has 1 aromatic rings. The number of hydrogen-bond acceptors (Lipinski definition) is 3. The summed E-state index contributed by atoms with van der Waals surface area (Å²) in [5.74, 6) is -0.0327. The average Bonchev–Trinajstić information content (AvgIpc) is 2.22. The zero-order valence-corrected chi connectivity index (χ0v) is 8.81. The number of hydrogen-bond donors (Lipinski definition) is 4. The highest BCUT2D eigenvalue weighted by Crippen LogP contribution is 2.24. The Morgan fingerprint density at radius 2 is 2.31 bits per heavy atom. The standard InChI is InChI=1S/C11H15N3O2/c1-2-8(12)5-7-3-4-10(15)9(6-7)14-11(13)16/h2-4,6,8,15H,1,5,12H2,(H3,13,14,16). The minimum atomic E-state index is -0.722. The lowest BCUT2D eigenvalue weighted by atomic mass is 10.1. The fraction of sp³-hybridized carbons (Fsp3) is 0.182. The Bertz CT molecular complexity index is 404. The predicted molar refractivity (Wildman–Crippen MR) is 63.2 cm³/mol. The Kier molecular flexibility index (Phi) is 3.90. The Morgan fingerprint density at radius 3 is 2.88 bits per heavy atom. The fourth-order valence-corrected chi connectivity index (χ4v) is 1.30. The molecule has 0 heterocycles. The summed E-state index contributed by atoms with van der Waals surface area (Å²) in [6.07, 6.45) is 2.21. The Balaban J connectivity index is 2.88. The van der Waals surface area contributed by atoms with Crippen molar-refractivity contribution < 1.29 is 9.90 Å². The maximum atomic E-state index is 10.7. The van der Waals surface area contributed by atoms with Crippen LogP contribution in [0.5, 0.6) is 5.75 Å². The Labute approximate surface area is 93.8 Å². The average molecular weight is 221 g/mol. The number of carbonyl (C=O) groups is 1. The summed E-state index contributed by atoms with van der Waals surface area (Å²) in [4.78, 5) is 10.7. The molecule has 16 heavy (non-hydrogen) atoms. The molecule has 1 rings (SSSR count). The van der Waals surface area contributed by atoms with Crippen LogP contribution in [0, 0.1) is 0 Å². The lowest BCUT2D eigenvalue weighted by Crippen LogP contribution is -2.21. The van der Waals surface area contributed by atoms with E-state index in [-0.39, 0.29) is 17.5 Å². The number of phenolic OH excluding ortho intramolecular Hbond substituents is 1. The van der Waals surface area contributed by atoms with Crippen LogP contribution in [-0.2, 0) is 6.42 Å². The van der Waals surface area contributed by atoms with Crippen molar-refractivity contribution in [3.63, 3.8) is 0 Å². The molecule has 6 N–H and O–H groups in total. The van der Waals surface area contributed by atoms with E-state index in [4.69, 9.17) is 11.5 Å². The van der Waals surface area contributed by atoms with Crippen LogP contribution in [0.15, 0.2) is 30.9 Å². The normalized spacial score (nSPS) is 11.8. The minimum absolute atomic E-state index is 0.0327. The van der Waals surface area contributed by atoms with E-state index in [1.807, 2.05) is 0 Å². The number of phenols is 1. The molecule has 0 spiro atoms. The molecule has 0 saturated carbocycles. The van der Waals surface area contributed by atoms with Gasteiger partial charge in [-0.3, -0.25) is 0 Å². The Morgan fingerprint density at radius 1 is 1.62 bits per heavy atom. The number of urea groups is 1. The van der Waals surface area contributed by atoms with E-state index in [0.29, 0.717) is 6.42 Å². The highest BCUT2D eigenvalue weighted by molar-refractivity contribution is 5.89. The van der Waals surface area contributed by atoms with Crippen LogP contribution in [0.3, 0.4) is 0 Å². The second kappa shape index (κ2) is 5.18. The van der Waals surface area contributed by atoms with Gasteiger partial charge >= 0.3 is 6.03 Å². The summed E-state index contributed by atoms with van der Waals surface area (Å²) >= 11 is 0. The van der Waals surface area contributed by atoms with E-state index in [2.05, 4.69) is 11.9 Å². The van der Waals surface area contributed by atoms with Crippen molar-refractivity contribution in [2.45, 2.75) is 12.5 Å². The molecule has 0 aliphatic carbocycles. The number of benzene rings is 1. The van der Waals surface area contributed by atoms with Crippen LogP contribution < -0.4 is 16.8 Å². The molecule has 1 aromatic carbocycles. The van der Waals surface area contributed by atoms with Gasteiger partial charge in [0.15, 0.2) is 0 Å². The molecule has 0 aromatic heterocycles. The molecule has 2 amide bonds. The number of carbonyl (C=O) groups excluding carboxylic acids is 1. The van der Waals surface area contributed by atoms with Crippen molar-refractivity contribution in [3.05, 3.63) is 36.4 Å². The van der Waals surface area contributed by atoms with Gasteiger partial charge < -0.3 is 21.9 Å². The lowest BCUT2D eigenvalue weighted by Gasteiger charge is -2.10. The van der Waals surface area contributed by atoms with Crippen LogP contribution in [-0.4, -0.2) is 17.2 Å². The maximum Gasteiger partial charge on any atom is 0.316 e. The number of nitrogens with one attached hydrogen (secondary N) is 1. The highest BCUT2D eigenvalue weighted by Gasteiger charge is 2.06. The number of nitrogens with two attached hydrogens (primary N) is 2. The maximum absolute atomic E-state index is 10.7. The van der Waals surface area contributed by atoms with Gasteiger partial charge in [-0.05, 0) is 24.1 Å². The molecule has 5 heteroatoms. The van der Waals surface area contributed by atoms with Gasteiger partial charge in [0.05, 0.1) is 5.69 Å². The van der Waals surface area contributed by atoms with Crippen molar-refractivity contribution in [1.82, 2.24) is 0 Å². The number of amides is 2. The SMILES string of the molecule is C=CC(N)Cc1ccc(O)c(NC(N)=O)c1. The highest BCUT2D eigenvalue weighted by atomic mass is 16.3. The Hall–Kier alpha value is -2.01. The summed E-state index contributed by atoms with van der Waals surface area (Å²) in [5.41, 5.74) is 11.8. The molecule has 1 atom stereocenters. The fourth-order valence-electron chi connectivity index (χ4n) is 1.30. The van der Waals surface area contributed by atoms with E-state index >= 15 is 0 Å². The van der Waals surface area contributed by atoms with Gasteiger partial charge in [-0.25, -0.2) is 4.79 Å². The topological polar surface area (TPSA) is 101 Å². The van der Waals surface area contributed by atoms with E-state index in [0.717, 1.165) is 5.56 Å². The van der Waals surface area contributed by atoms with Gasteiger partial charge in [0, 0.05) is 6.04 Å². The summed E-state index contributed by atoms with van der Waals surface area (Å²) in [5, 5.41) is 11.8. The van der Waals surface area contributed by atoms with Gasteiger partial charge in [0.25, 0.3) is 0 Å². The quantitative estimate of drug-likeness (QED) is 0.449. The van der Waals surface area contributed by atoms with Crippen LogP contribution >= 0.6 is 0 Å². The molecule has 0 fully saturated rings. The van der Waals surface area contributed by atoms with E-state index in [1.165, 1.54) is 6.07 Å². The van der Waals surface area contributed by atoms with Crippen molar-refractivity contribution >= 4 is 11.7 Å². The zero-order valence-electron chi connectivity index (χ0n) is 8.81. The first-order valence-electron chi connectivity index (χ1n) is 4.79. The molecule has 86 valence electrons. The van der Waals surface area contributed by atoms with Gasteiger partial charge in [-0.15, -0.1) is 6.58 Å². The third kappa shape index (κ3) is 3.29. The molecule has 1 unspecified atom stereocenters. The van der Waals surface area contributed by atoms with Gasteiger partial charge in [-0.2, -0.15) is 0 Å². The van der Waals surface area contributed by atoms with Crippen molar-refractivity contribution in [3.8, 4) is 5.75 Å². The summed E-state index contributed by atoms with van der Waals surface area (Å²) in [6.45, 7) is 3.58. The zero-order chi connectivity index (χ0) is 12.1. The summed E-state index contributed by atoms with van der Waals surface area (Å²) in [6, 6.07) is 3.96. The number of rotatable bonds is 4. The van der Waals surface area contributed by atoms with Crippen molar-refractivity contribution in [2.75, 3.05) is 5.32 Å². The first kappa shape index (κ1) is 12.1. The van der Waals surface area contributed by atoms with E-state index in [9.17, 15) is 9.90 Å². The van der Waals surface area contributed by atoms with Crippen LogP contribution in [0.1, 0.15) is 5.56 Å². The van der Waals surface area contributed by atoms with Gasteiger partial charge in [0.1, 0.15) is 5.75 Å². The number of aromatic hydroxyl groups is 1. The lowest BCUT2D eigenvalue weighted by molar-refractivity contribution is 0.259. The minimum Gasteiger partial charge on any atom is -0.506 e. The summed E-state index contributed by atoms with van der Waals surface area (Å²) < 4.78 is 0. The monoisotopic (exact) mass is 221 g/mol. The molecule has 0 saturated heterocycles. The molecule has 0 radical (unpaired) electrons. The predicted octanol–water partition coefficient (Wildman–Crippen LogP) is 0.939. The summed E-state index contributed by atoms with van der Waals surface area (Å²) in [7, 11) is 0. The molecule has 0 aliphatic rings. The van der Waals surface area contributed by atoms with Crippen molar-refractivity contribution in [1.29, 1.82) is 0 Å². The molecular weight excluding hydrogens is 206 g/mol. The number of anilines is 1. The van der Waals surface area contributed by atoms with Crippen LogP contribution in [0.2, 0.25) is 0 Å². The third-order valence-corrected chi connectivity index (χ3v) is 2.09.